The van der Waals surface area contributed by atoms with Crippen molar-refractivity contribution in [3.63, 3.8) is 0 Å². The third-order valence-corrected chi connectivity index (χ3v) is 6.00. The van der Waals surface area contributed by atoms with Gasteiger partial charge in [-0.05, 0) is 55.5 Å². The SMILES string of the molecule is N#CN1C2CCC1C(NC(=O)c1ccc3c(c1)CCN3c1ncccn1)C2. The Morgan fingerprint density at radius 3 is 2.89 bits per heavy atom. The van der Waals surface area contributed by atoms with Crippen molar-refractivity contribution in [2.75, 3.05) is 11.4 Å². The quantitative estimate of drug-likeness (QED) is 0.843. The number of carbonyl (C=O) groups excluding carboxylic acids is 1. The molecular formula is C20H20N6O. The lowest BCUT2D eigenvalue weighted by atomic mass is 9.95. The molecule has 2 fully saturated rings. The van der Waals surface area contributed by atoms with E-state index in [1.165, 1.54) is 0 Å². The van der Waals surface area contributed by atoms with Gasteiger partial charge in [-0.1, -0.05) is 0 Å². The van der Waals surface area contributed by atoms with E-state index >= 15 is 0 Å². The minimum absolute atomic E-state index is 0.0531. The Hall–Kier alpha value is -3.14. The molecule has 3 unspecified atom stereocenters. The molecule has 1 N–H and O–H groups in total. The standard InChI is InChI=1S/C20H20N6O/c21-12-26-15-3-5-18(26)16(11-15)24-19(27)14-2-4-17-13(10-14)6-9-25(17)20-22-7-1-8-23-20/h1-2,4,7-8,10,15-16,18H,3,5-6,9,11H2,(H,24,27). The van der Waals surface area contributed by atoms with Crippen molar-refractivity contribution in [1.29, 1.82) is 5.26 Å². The average molecular weight is 360 g/mol. The summed E-state index contributed by atoms with van der Waals surface area (Å²) in [4.78, 5) is 25.4. The van der Waals surface area contributed by atoms with Crippen molar-refractivity contribution < 1.29 is 4.79 Å². The minimum Gasteiger partial charge on any atom is -0.347 e. The molecule has 0 spiro atoms. The molecule has 3 aliphatic rings. The molecule has 27 heavy (non-hydrogen) atoms. The predicted molar refractivity (Wildman–Crippen MR) is 99.3 cm³/mol. The second kappa shape index (κ2) is 6.23. The summed E-state index contributed by atoms with van der Waals surface area (Å²) in [6.07, 6.45) is 9.54. The third kappa shape index (κ3) is 2.60. The average Bonchev–Trinajstić information content (AvgIpc) is 3.40. The molecule has 1 aromatic carbocycles. The lowest BCUT2D eigenvalue weighted by Crippen LogP contribution is -2.43. The molecule has 2 aromatic rings. The van der Waals surface area contributed by atoms with E-state index in [4.69, 9.17) is 0 Å². The highest BCUT2D eigenvalue weighted by Gasteiger charge is 2.46. The van der Waals surface area contributed by atoms with Crippen LogP contribution >= 0.6 is 0 Å². The van der Waals surface area contributed by atoms with Gasteiger partial charge in [0.1, 0.15) is 0 Å². The first-order valence-electron chi connectivity index (χ1n) is 9.41. The number of nitrogens with one attached hydrogen (secondary N) is 1. The van der Waals surface area contributed by atoms with Crippen LogP contribution in [-0.4, -0.2) is 45.4 Å². The molecule has 3 aliphatic heterocycles. The summed E-state index contributed by atoms with van der Waals surface area (Å²) in [7, 11) is 0. The number of hydrogen-bond acceptors (Lipinski definition) is 6. The molecule has 0 aliphatic carbocycles. The second-order valence-corrected chi connectivity index (χ2v) is 7.42. The first-order chi connectivity index (χ1) is 13.2. The smallest absolute Gasteiger partial charge is 0.251 e. The van der Waals surface area contributed by atoms with Gasteiger partial charge in [0.2, 0.25) is 5.95 Å². The number of rotatable bonds is 3. The maximum absolute atomic E-state index is 12.8. The highest BCUT2D eigenvalue weighted by Crippen LogP contribution is 2.37. The lowest BCUT2D eigenvalue weighted by molar-refractivity contribution is 0.0928. The Bertz CT molecular complexity index is 924. The Morgan fingerprint density at radius 1 is 1.26 bits per heavy atom. The first kappa shape index (κ1) is 16.1. The van der Waals surface area contributed by atoms with Crippen molar-refractivity contribution >= 4 is 17.5 Å². The fraction of sp³-hybridized carbons (Fsp3) is 0.400. The molecule has 1 amide bonds. The number of anilines is 2. The number of nitrogens with zero attached hydrogens (tertiary/aromatic N) is 5. The Labute approximate surface area is 157 Å². The van der Waals surface area contributed by atoms with Crippen LogP contribution in [0.2, 0.25) is 0 Å². The van der Waals surface area contributed by atoms with Gasteiger partial charge in [-0.3, -0.25) is 4.79 Å². The Morgan fingerprint density at radius 2 is 2.11 bits per heavy atom. The third-order valence-electron chi connectivity index (χ3n) is 6.00. The van der Waals surface area contributed by atoms with Crippen molar-refractivity contribution in [3.8, 4) is 6.19 Å². The maximum Gasteiger partial charge on any atom is 0.251 e. The Balaban J connectivity index is 1.33. The maximum atomic E-state index is 12.8. The molecule has 5 rings (SSSR count). The largest absolute Gasteiger partial charge is 0.347 e. The van der Waals surface area contributed by atoms with Crippen LogP contribution in [-0.2, 0) is 6.42 Å². The predicted octanol–water partition coefficient (Wildman–Crippen LogP) is 1.99. The van der Waals surface area contributed by atoms with Crippen molar-refractivity contribution in [2.24, 2.45) is 0 Å². The number of benzene rings is 1. The van der Waals surface area contributed by atoms with Crippen molar-refractivity contribution in [1.82, 2.24) is 20.2 Å². The van der Waals surface area contributed by atoms with Crippen LogP contribution in [0.1, 0.15) is 35.2 Å². The van der Waals surface area contributed by atoms with Gasteiger partial charge in [0.25, 0.3) is 5.91 Å². The highest BCUT2D eigenvalue weighted by atomic mass is 16.1. The zero-order chi connectivity index (χ0) is 18.4. The van der Waals surface area contributed by atoms with E-state index in [9.17, 15) is 10.1 Å². The van der Waals surface area contributed by atoms with Gasteiger partial charge < -0.3 is 15.1 Å². The molecule has 7 heteroatoms. The van der Waals surface area contributed by atoms with E-state index in [-0.39, 0.29) is 18.0 Å². The summed E-state index contributed by atoms with van der Waals surface area (Å²) >= 11 is 0. The fourth-order valence-corrected chi connectivity index (χ4v) is 4.73. The van der Waals surface area contributed by atoms with Crippen molar-refractivity contribution in [2.45, 2.75) is 43.8 Å². The molecule has 1 aromatic heterocycles. The number of carbonyl (C=O) groups is 1. The van der Waals surface area contributed by atoms with Crippen LogP contribution in [0.4, 0.5) is 11.6 Å². The van der Waals surface area contributed by atoms with Crippen molar-refractivity contribution in [3.05, 3.63) is 47.8 Å². The molecule has 7 nitrogen and oxygen atoms in total. The van der Waals surface area contributed by atoms with Crippen LogP contribution in [0.5, 0.6) is 0 Å². The molecular weight excluding hydrogens is 340 g/mol. The number of hydrogen-bond donors (Lipinski definition) is 1. The first-order valence-corrected chi connectivity index (χ1v) is 9.41. The molecule has 2 bridgehead atoms. The second-order valence-electron chi connectivity index (χ2n) is 7.42. The molecule has 2 saturated heterocycles. The normalized spacial score (nSPS) is 25.4. The Kier molecular flexibility index (Phi) is 3.71. The number of nitriles is 1. The van der Waals surface area contributed by atoms with Crippen LogP contribution in [0, 0.1) is 11.5 Å². The zero-order valence-electron chi connectivity index (χ0n) is 14.9. The van der Waals surface area contributed by atoms with Gasteiger partial charge in [0.05, 0.1) is 12.1 Å². The molecule has 3 atom stereocenters. The molecule has 0 saturated carbocycles. The fourth-order valence-electron chi connectivity index (χ4n) is 4.73. The van der Waals surface area contributed by atoms with E-state index in [0.717, 1.165) is 43.5 Å². The molecule has 4 heterocycles. The van der Waals surface area contributed by atoms with Gasteiger partial charge in [0, 0.05) is 36.2 Å². The number of amides is 1. The van der Waals surface area contributed by atoms with Crippen LogP contribution < -0.4 is 10.2 Å². The minimum atomic E-state index is -0.0531. The van der Waals surface area contributed by atoms with Gasteiger partial charge >= 0.3 is 0 Å². The van der Waals surface area contributed by atoms with Crippen LogP contribution in [0.3, 0.4) is 0 Å². The van der Waals surface area contributed by atoms with E-state index in [0.29, 0.717) is 17.6 Å². The summed E-state index contributed by atoms with van der Waals surface area (Å²) in [6.45, 7) is 0.813. The summed E-state index contributed by atoms with van der Waals surface area (Å²) in [5.74, 6) is 0.634. The summed E-state index contributed by atoms with van der Waals surface area (Å²) in [5.41, 5.74) is 2.88. The van der Waals surface area contributed by atoms with Gasteiger partial charge in [-0.15, -0.1) is 0 Å². The lowest BCUT2D eigenvalue weighted by Gasteiger charge is -2.22. The van der Waals surface area contributed by atoms with E-state index < -0.39 is 0 Å². The number of fused-ring (bicyclic) bond motifs is 3. The molecule has 136 valence electrons. The van der Waals surface area contributed by atoms with E-state index in [2.05, 4.69) is 26.4 Å². The molecule has 0 radical (unpaired) electrons. The van der Waals surface area contributed by atoms with Gasteiger partial charge in [0.15, 0.2) is 6.19 Å². The van der Waals surface area contributed by atoms with Gasteiger partial charge in [-0.2, -0.15) is 5.26 Å². The van der Waals surface area contributed by atoms with Crippen LogP contribution in [0.15, 0.2) is 36.7 Å². The summed E-state index contributed by atoms with van der Waals surface area (Å²) in [6, 6.07) is 8.15. The monoisotopic (exact) mass is 360 g/mol. The summed E-state index contributed by atoms with van der Waals surface area (Å²) in [5, 5.41) is 12.4. The van der Waals surface area contributed by atoms with E-state index in [1.807, 2.05) is 23.1 Å². The van der Waals surface area contributed by atoms with E-state index in [1.54, 1.807) is 18.5 Å². The highest BCUT2D eigenvalue weighted by molar-refractivity contribution is 5.95. The van der Waals surface area contributed by atoms with Gasteiger partial charge in [-0.25, -0.2) is 9.97 Å². The number of aromatic nitrogens is 2. The zero-order valence-corrected chi connectivity index (χ0v) is 14.9. The topological polar surface area (TPSA) is 85.2 Å². The summed E-state index contributed by atoms with van der Waals surface area (Å²) < 4.78 is 0. The van der Waals surface area contributed by atoms with Crippen LogP contribution in [0.25, 0.3) is 0 Å².